The van der Waals surface area contributed by atoms with Gasteiger partial charge in [-0.05, 0) is 54.2 Å². The summed E-state index contributed by atoms with van der Waals surface area (Å²) in [6.45, 7) is 0.106. The third kappa shape index (κ3) is 6.55. The van der Waals surface area contributed by atoms with E-state index in [-0.39, 0.29) is 31.1 Å². The molecule has 200 valence electrons. The quantitative estimate of drug-likeness (QED) is 0.368. The molecule has 0 spiro atoms. The largest absolute Gasteiger partial charge is 0.471 e. The van der Waals surface area contributed by atoms with Gasteiger partial charge in [0.25, 0.3) is 5.91 Å². The summed E-state index contributed by atoms with van der Waals surface area (Å²) in [6.07, 6.45) is -2.73. The first-order valence-electron chi connectivity index (χ1n) is 11.7. The van der Waals surface area contributed by atoms with E-state index in [0.29, 0.717) is 35.6 Å². The van der Waals surface area contributed by atoms with E-state index in [1.54, 1.807) is 12.1 Å². The number of pyridine rings is 1. The van der Waals surface area contributed by atoms with Crippen molar-refractivity contribution in [3.05, 3.63) is 83.1 Å². The second kappa shape index (κ2) is 11.0. The molecule has 12 heteroatoms. The molecule has 0 atom stereocenters. The van der Waals surface area contributed by atoms with E-state index in [1.807, 2.05) is 12.1 Å². The highest BCUT2D eigenvalue weighted by Crippen LogP contribution is 2.31. The molecule has 2 aromatic carbocycles. The highest BCUT2D eigenvalue weighted by molar-refractivity contribution is 5.98. The molecular formula is C26H24F5N5O2. The van der Waals surface area contributed by atoms with Gasteiger partial charge < -0.3 is 21.3 Å². The minimum Gasteiger partial charge on any atom is -0.380 e. The number of alkyl halides is 3. The number of aromatic nitrogens is 1. The maximum absolute atomic E-state index is 13.5. The molecule has 0 bridgehead atoms. The second-order valence-electron chi connectivity index (χ2n) is 8.92. The predicted molar refractivity (Wildman–Crippen MR) is 131 cm³/mol. The third-order valence-corrected chi connectivity index (χ3v) is 6.25. The number of nitrogens with zero attached hydrogens (tertiary/aromatic N) is 2. The van der Waals surface area contributed by atoms with E-state index >= 15 is 0 Å². The Hall–Kier alpha value is -4.22. The van der Waals surface area contributed by atoms with E-state index in [2.05, 4.69) is 15.6 Å². The minimum absolute atomic E-state index is 0.0257. The first kappa shape index (κ1) is 26.8. The third-order valence-electron chi connectivity index (χ3n) is 6.25. The van der Waals surface area contributed by atoms with Gasteiger partial charge in [0.1, 0.15) is 17.5 Å². The van der Waals surface area contributed by atoms with Crippen molar-refractivity contribution in [2.24, 2.45) is 5.73 Å². The summed E-state index contributed by atoms with van der Waals surface area (Å²) in [4.78, 5) is 28.3. The van der Waals surface area contributed by atoms with Crippen LogP contribution in [-0.4, -0.2) is 41.0 Å². The molecule has 2 heterocycles. The molecule has 0 unspecified atom stereocenters. The molecule has 1 aromatic heterocycles. The van der Waals surface area contributed by atoms with Crippen LogP contribution in [0, 0.1) is 11.6 Å². The maximum Gasteiger partial charge on any atom is 0.471 e. The van der Waals surface area contributed by atoms with Crippen LogP contribution in [0.1, 0.15) is 40.2 Å². The summed E-state index contributed by atoms with van der Waals surface area (Å²) in [5.74, 6) is -3.59. The minimum atomic E-state index is -4.86. The highest BCUT2D eigenvalue weighted by atomic mass is 19.4. The van der Waals surface area contributed by atoms with Crippen LogP contribution >= 0.6 is 0 Å². The summed E-state index contributed by atoms with van der Waals surface area (Å²) in [5.41, 5.74) is 7.77. The van der Waals surface area contributed by atoms with Crippen molar-refractivity contribution in [3.63, 3.8) is 0 Å². The Balaban J connectivity index is 1.41. The predicted octanol–water partition coefficient (Wildman–Crippen LogP) is 5.08. The summed E-state index contributed by atoms with van der Waals surface area (Å²) in [7, 11) is 0. The molecule has 0 saturated carbocycles. The van der Waals surface area contributed by atoms with Crippen LogP contribution in [0.5, 0.6) is 0 Å². The molecule has 0 radical (unpaired) electrons. The lowest BCUT2D eigenvalue weighted by molar-refractivity contribution is -0.186. The number of anilines is 3. The standard InChI is InChI=1S/C26H24F5N5O2/c27-18-9-15(10-19(28)11-18)13-33-22-12-23(34-14-21(22)24(32)37)35-20-3-1-16(2-4-20)17-5-7-36(8-6-17)25(38)26(29,30)31/h1-4,9-12,14,17H,5-8,13H2,(H2,32,37)(H2,33,34,35). The molecule has 38 heavy (non-hydrogen) atoms. The lowest BCUT2D eigenvalue weighted by Crippen LogP contribution is -2.45. The van der Waals surface area contributed by atoms with E-state index in [1.165, 1.54) is 24.4 Å². The summed E-state index contributed by atoms with van der Waals surface area (Å²) < 4.78 is 64.9. The normalized spacial score (nSPS) is 14.3. The van der Waals surface area contributed by atoms with Crippen molar-refractivity contribution in [3.8, 4) is 0 Å². The van der Waals surface area contributed by atoms with Crippen LogP contribution in [-0.2, 0) is 11.3 Å². The topological polar surface area (TPSA) is 100 Å². The number of nitrogens with two attached hydrogens (primary N) is 1. The van der Waals surface area contributed by atoms with Gasteiger partial charge in [-0.1, -0.05) is 12.1 Å². The lowest BCUT2D eigenvalue weighted by Gasteiger charge is -2.32. The van der Waals surface area contributed by atoms with Gasteiger partial charge in [-0.15, -0.1) is 0 Å². The van der Waals surface area contributed by atoms with Gasteiger partial charge in [0.2, 0.25) is 0 Å². The smallest absolute Gasteiger partial charge is 0.380 e. The molecule has 0 aliphatic carbocycles. The molecule has 1 fully saturated rings. The van der Waals surface area contributed by atoms with Gasteiger partial charge in [-0.2, -0.15) is 13.2 Å². The van der Waals surface area contributed by atoms with Gasteiger partial charge in [0, 0.05) is 43.7 Å². The number of amides is 2. The summed E-state index contributed by atoms with van der Waals surface area (Å²) >= 11 is 0. The van der Waals surface area contributed by atoms with Crippen LogP contribution in [0.4, 0.5) is 39.1 Å². The Morgan fingerprint density at radius 2 is 1.63 bits per heavy atom. The Bertz CT molecular complexity index is 1300. The fourth-order valence-corrected chi connectivity index (χ4v) is 4.36. The summed E-state index contributed by atoms with van der Waals surface area (Å²) in [5, 5.41) is 6.05. The Morgan fingerprint density at radius 3 is 2.21 bits per heavy atom. The SMILES string of the molecule is NC(=O)c1cnc(Nc2ccc(C3CCN(C(=O)C(F)(F)F)CC3)cc2)cc1NCc1cc(F)cc(F)c1. The van der Waals surface area contributed by atoms with E-state index in [4.69, 9.17) is 5.73 Å². The Labute approximate surface area is 214 Å². The average molecular weight is 534 g/mol. The molecule has 1 aliphatic rings. The fraction of sp³-hybridized carbons (Fsp3) is 0.269. The van der Waals surface area contributed by atoms with Crippen LogP contribution < -0.4 is 16.4 Å². The lowest BCUT2D eigenvalue weighted by atomic mass is 9.89. The zero-order chi connectivity index (χ0) is 27.4. The van der Waals surface area contributed by atoms with Crippen molar-refractivity contribution in [1.29, 1.82) is 0 Å². The first-order valence-corrected chi connectivity index (χ1v) is 11.7. The van der Waals surface area contributed by atoms with Crippen LogP contribution in [0.3, 0.4) is 0 Å². The molecule has 1 aliphatic heterocycles. The molecule has 7 nitrogen and oxygen atoms in total. The van der Waals surface area contributed by atoms with Crippen LogP contribution in [0.15, 0.2) is 54.7 Å². The van der Waals surface area contributed by atoms with Gasteiger partial charge in [0.05, 0.1) is 11.3 Å². The van der Waals surface area contributed by atoms with Crippen LogP contribution in [0.2, 0.25) is 0 Å². The zero-order valence-electron chi connectivity index (χ0n) is 20.0. The number of hydrogen-bond donors (Lipinski definition) is 3. The number of hydrogen-bond acceptors (Lipinski definition) is 5. The molecular weight excluding hydrogens is 509 g/mol. The van der Waals surface area contributed by atoms with Crippen LogP contribution in [0.25, 0.3) is 0 Å². The molecule has 3 aromatic rings. The number of piperidine rings is 1. The zero-order valence-corrected chi connectivity index (χ0v) is 20.0. The van der Waals surface area contributed by atoms with Gasteiger partial charge >= 0.3 is 12.1 Å². The van der Waals surface area contributed by atoms with Crippen molar-refractivity contribution < 1.29 is 31.5 Å². The molecule has 4 N–H and O–H groups in total. The maximum atomic E-state index is 13.5. The second-order valence-corrected chi connectivity index (χ2v) is 8.92. The number of benzene rings is 2. The number of carbonyl (C=O) groups is 2. The Kier molecular flexibility index (Phi) is 7.79. The molecule has 2 amide bonds. The average Bonchev–Trinajstić information content (AvgIpc) is 2.86. The first-order chi connectivity index (χ1) is 18.0. The number of halogens is 5. The van der Waals surface area contributed by atoms with Gasteiger partial charge in [0.15, 0.2) is 0 Å². The van der Waals surface area contributed by atoms with Crippen molar-refractivity contribution in [1.82, 2.24) is 9.88 Å². The van der Waals surface area contributed by atoms with Crippen molar-refractivity contribution in [2.75, 3.05) is 23.7 Å². The number of likely N-dealkylation sites (tertiary alicyclic amines) is 1. The van der Waals surface area contributed by atoms with E-state index < -0.39 is 29.6 Å². The van der Waals surface area contributed by atoms with Crippen molar-refractivity contribution in [2.45, 2.75) is 31.5 Å². The number of nitrogens with one attached hydrogen (secondary N) is 2. The van der Waals surface area contributed by atoms with Gasteiger partial charge in [-0.3, -0.25) is 9.59 Å². The summed E-state index contributed by atoms with van der Waals surface area (Å²) in [6, 6.07) is 11.9. The fourth-order valence-electron chi connectivity index (χ4n) is 4.36. The van der Waals surface area contributed by atoms with Gasteiger partial charge in [-0.25, -0.2) is 13.8 Å². The van der Waals surface area contributed by atoms with E-state index in [0.717, 1.165) is 16.5 Å². The highest BCUT2D eigenvalue weighted by Gasteiger charge is 2.43. The number of rotatable bonds is 7. The number of primary amides is 1. The van der Waals surface area contributed by atoms with E-state index in [9.17, 15) is 31.5 Å². The Morgan fingerprint density at radius 1 is 1.00 bits per heavy atom. The number of carbonyl (C=O) groups excluding carboxylic acids is 2. The molecule has 1 saturated heterocycles. The van der Waals surface area contributed by atoms with Crippen molar-refractivity contribution >= 4 is 29.0 Å². The molecule has 4 rings (SSSR count). The monoisotopic (exact) mass is 533 g/mol.